The Balaban J connectivity index is 1.66. The summed E-state index contributed by atoms with van der Waals surface area (Å²) in [5.74, 6) is 1.10. The SMILES string of the molecule is COC(=O)Cn1c2c(sc1=O)[C@H](c1ccc3c(c1)OCO3)CC(=O)N2c1ccc(OC)cc1. The molecule has 3 heterocycles. The van der Waals surface area contributed by atoms with Gasteiger partial charge in [-0.2, -0.15) is 0 Å². The highest BCUT2D eigenvalue weighted by atomic mass is 32.1. The van der Waals surface area contributed by atoms with Gasteiger partial charge in [0.05, 0.1) is 24.8 Å². The number of nitrogens with zero attached hydrogens (tertiary/aromatic N) is 2. The molecule has 10 heteroatoms. The Hall–Kier alpha value is -3.79. The van der Waals surface area contributed by atoms with Crippen molar-refractivity contribution in [3.63, 3.8) is 0 Å². The normalized spacial score (nSPS) is 16.5. The Labute approximate surface area is 192 Å². The van der Waals surface area contributed by atoms with Gasteiger partial charge in [-0.15, -0.1) is 0 Å². The minimum atomic E-state index is -0.579. The van der Waals surface area contributed by atoms with E-state index in [9.17, 15) is 14.4 Å². The topological polar surface area (TPSA) is 96.3 Å². The molecule has 0 fully saturated rings. The average molecular weight is 468 g/mol. The molecule has 2 aliphatic heterocycles. The van der Waals surface area contributed by atoms with Gasteiger partial charge in [0, 0.05) is 12.3 Å². The van der Waals surface area contributed by atoms with Crippen LogP contribution in [0.5, 0.6) is 17.2 Å². The van der Waals surface area contributed by atoms with Crippen LogP contribution in [0.15, 0.2) is 47.3 Å². The van der Waals surface area contributed by atoms with Gasteiger partial charge in [0.25, 0.3) is 0 Å². The Morgan fingerprint density at radius 2 is 1.85 bits per heavy atom. The number of rotatable bonds is 5. The Morgan fingerprint density at radius 3 is 2.58 bits per heavy atom. The fourth-order valence-corrected chi connectivity index (χ4v) is 5.18. The van der Waals surface area contributed by atoms with E-state index in [0.29, 0.717) is 33.6 Å². The molecule has 5 rings (SSSR count). The molecule has 0 N–H and O–H groups in total. The van der Waals surface area contributed by atoms with Gasteiger partial charge in [-0.25, -0.2) is 0 Å². The van der Waals surface area contributed by atoms with Crippen molar-refractivity contribution >= 4 is 34.7 Å². The zero-order chi connectivity index (χ0) is 23.1. The molecule has 0 saturated heterocycles. The fourth-order valence-electron chi connectivity index (χ4n) is 4.08. The first-order valence-corrected chi connectivity index (χ1v) is 11.0. The number of aromatic nitrogens is 1. The lowest BCUT2D eigenvalue weighted by molar-refractivity contribution is -0.141. The number of methoxy groups -OCH3 is 2. The number of esters is 1. The number of carbonyl (C=O) groups is 2. The van der Waals surface area contributed by atoms with E-state index in [-0.39, 0.29) is 36.5 Å². The van der Waals surface area contributed by atoms with Crippen molar-refractivity contribution in [2.24, 2.45) is 0 Å². The minimum absolute atomic E-state index is 0.141. The van der Waals surface area contributed by atoms with Crippen LogP contribution in [0.25, 0.3) is 0 Å². The van der Waals surface area contributed by atoms with Crippen molar-refractivity contribution in [3.8, 4) is 17.2 Å². The first-order chi connectivity index (χ1) is 16.0. The number of hydrogen-bond donors (Lipinski definition) is 0. The van der Waals surface area contributed by atoms with Gasteiger partial charge in [0.15, 0.2) is 11.5 Å². The Kier molecular flexibility index (Phi) is 5.29. The van der Waals surface area contributed by atoms with Gasteiger partial charge < -0.3 is 18.9 Å². The monoisotopic (exact) mass is 468 g/mol. The number of fused-ring (bicyclic) bond motifs is 2. The lowest BCUT2D eigenvalue weighted by atomic mass is 9.90. The predicted molar refractivity (Wildman–Crippen MR) is 120 cm³/mol. The van der Waals surface area contributed by atoms with E-state index in [2.05, 4.69) is 0 Å². The number of benzene rings is 2. The maximum Gasteiger partial charge on any atom is 0.325 e. The summed E-state index contributed by atoms with van der Waals surface area (Å²) < 4.78 is 22.2. The van der Waals surface area contributed by atoms with E-state index < -0.39 is 5.97 Å². The first-order valence-electron chi connectivity index (χ1n) is 10.2. The van der Waals surface area contributed by atoms with Crippen molar-refractivity contribution in [1.29, 1.82) is 0 Å². The lowest BCUT2D eigenvalue weighted by Crippen LogP contribution is -2.36. The summed E-state index contributed by atoms with van der Waals surface area (Å²) >= 11 is 1.02. The molecular formula is C23H20N2O7S. The molecule has 1 amide bonds. The molecule has 1 aromatic heterocycles. The average Bonchev–Trinajstić information content (AvgIpc) is 3.43. The summed E-state index contributed by atoms with van der Waals surface area (Å²) in [5.41, 5.74) is 1.40. The van der Waals surface area contributed by atoms with Crippen molar-refractivity contribution in [2.75, 3.05) is 25.9 Å². The first kappa shape index (κ1) is 21.1. The summed E-state index contributed by atoms with van der Waals surface area (Å²) in [7, 11) is 2.82. The minimum Gasteiger partial charge on any atom is -0.497 e. The molecule has 9 nitrogen and oxygen atoms in total. The third-order valence-corrected chi connectivity index (χ3v) is 6.78. The molecule has 0 radical (unpaired) electrons. The second kappa shape index (κ2) is 8.28. The standard InChI is InChI=1S/C23H20N2O7S/c1-29-15-6-4-14(5-7-15)25-19(26)10-16(13-3-8-17-18(9-13)32-12-31-17)21-22(25)24(23(28)33-21)11-20(27)30-2/h3-9,16H,10-12H2,1-2H3/t16-/m0/s1. The number of amides is 1. The van der Waals surface area contributed by atoms with E-state index in [1.807, 2.05) is 12.1 Å². The molecule has 1 atom stereocenters. The fraction of sp³-hybridized carbons (Fsp3) is 0.261. The molecular weight excluding hydrogens is 448 g/mol. The molecule has 2 aliphatic rings. The third-order valence-electron chi connectivity index (χ3n) is 5.69. The third kappa shape index (κ3) is 3.62. The van der Waals surface area contributed by atoms with Gasteiger partial charge in [-0.05, 0) is 42.0 Å². The second-order valence-electron chi connectivity index (χ2n) is 7.51. The maximum absolute atomic E-state index is 13.5. The molecule has 0 unspecified atom stereocenters. The summed E-state index contributed by atoms with van der Waals surface area (Å²) in [4.78, 5) is 40.3. The van der Waals surface area contributed by atoms with E-state index >= 15 is 0 Å². The molecule has 170 valence electrons. The van der Waals surface area contributed by atoms with E-state index in [1.165, 1.54) is 16.6 Å². The largest absolute Gasteiger partial charge is 0.497 e. The van der Waals surface area contributed by atoms with Gasteiger partial charge in [-0.1, -0.05) is 17.4 Å². The predicted octanol–water partition coefficient (Wildman–Crippen LogP) is 3.02. The highest BCUT2D eigenvalue weighted by Crippen LogP contribution is 2.46. The van der Waals surface area contributed by atoms with Crippen molar-refractivity contribution in [1.82, 2.24) is 4.57 Å². The summed E-state index contributed by atoms with van der Waals surface area (Å²) in [6.45, 7) is -0.156. The molecule has 0 spiro atoms. The Bertz CT molecular complexity index is 1300. The van der Waals surface area contributed by atoms with Crippen molar-refractivity contribution in [2.45, 2.75) is 18.9 Å². The lowest BCUT2D eigenvalue weighted by Gasteiger charge is -2.32. The second-order valence-corrected chi connectivity index (χ2v) is 8.51. The van der Waals surface area contributed by atoms with E-state index in [4.69, 9.17) is 18.9 Å². The summed E-state index contributed by atoms with van der Waals surface area (Å²) in [6, 6.07) is 12.5. The summed E-state index contributed by atoms with van der Waals surface area (Å²) in [5, 5.41) is 0. The Morgan fingerprint density at radius 1 is 1.09 bits per heavy atom. The summed E-state index contributed by atoms with van der Waals surface area (Å²) in [6.07, 6.45) is 0.150. The number of hydrogen-bond acceptors (Lipinski definition) is 8. The number of anilines is 2. The van der Waals surface area contributed by atoms with Crippen LogP contribution in [0, 0.1) is 0 Å². The van der Waals surface area contributed by atoms with Gasteiger partial charge >= 0.3 is 10.8 Å². The van der Waals surface area contributed by atoms with Crippen LogP contribution >= 0.6 is 11.3 Å². The van der Waals surface area contributed by atoms with Crippen LogP contribution in [0.2, 0.25) is 0 Å². The molecule has 0 aliphatic carbocycles. The van der Waals surface area contributed by atoms with Gasteiger partial charge in [0.2, 0.25) is 12.7 Å². The van der Waals surface area contributed by atoms with Crippen LogP contribution in [-0.4, -0.2) is 37.5 Å². The number of ether oxygens (including phenoxy) is 4. The van der Waals surface area contributed by atoms with Crippen molar-refractivity contribution < 1.29 is 28.5 Å². The zero-order valence-electron chi connectivity index (χ0n) is 17.9. The van der Waals surface area contributed by atoms with Crippen LogP contribution in [-0.2, 0) is 20.9 Å². The molecule has 3 aromatic rings. The molecule has 33 heavy (non-hydrogen) atoms. The van der Waals surface area contributed by atoms with Gasteiger partial charge in [0.1, 0.15) is 18.1 Å². The molecule has 0 saturated carbocycles. The van der Waals surface area contributed by atoms with E-state index in [1.54, 1.807) is 37.4 Å². The van der Waals surface area contributed by atoms with Crippen molar-refractivity contribution in [3.05, 3.63) is 62.6 Å². The number of thiazole rings is 1. The quantitative estimate of drug-likeness (QED) is 0.531. The van der Waals surface area contributed by atoms with Crippen LogP contribution in [0.3, 0.4) is 0 Å². The maximum atomic E-state index is 13.5. The smallest absolute Gasteiger partial charge is 0.325 e. The molecule has 2 aromatic carbocycles. The molecule has 0 bridgehead atoms. The van der Waals surface area contributed by atoms with Crippen LogP contribution < -0.4 is 24.0 Å². The zero-order valence-corrected chi connectivity index (χ0v) is 18.7. The highest BCUT2D eigenvalue weighted by Gasteiger charge is 2.39. The van der Waals surface area contributed by atoms with E-state index in [0.717, 1.165) is 16.9 Å². The van der Waals surface area contributed by atoms with Gasteiger partial charge in [-0.3, -0.25) is 23.9 Å². The highest BCUT2D eigenvalue weighted by molar-refractivity contribution is 7.10. The van der Waals surface area contributed by atoms with Crippen LogP contribution in [0.4, 0.5) is 11.5 Å². The van der Waals surface area contributed by atoms with Crippen LogP contribution in [0.1, 0.15) is 22.8 Å². The number of carbonyl (C=O) groups excluding carboxylic acids is 2.